The number of carbonyl (C=O) groups is 1. The molecule has 0 spiro atoms. The Kier molecular flexibility index (Phi) is 4.39. The van der Waals surface area contributed by atoms with Crippen molar-refractivity contribution < 1.29 is 15.0 Å². The summed E-state index contributed by atoms with van der Waals surface area (Å²) in [4.78, 5) is 11.4. The van der Waals surface area contributed by atoms with Crippen LogP contribution >= 0.6 is 0 Å². The quantitative estimate of drug-likeness (QED) is 0.357. The summed E-state index contributed by atoms with van der Waals surface area (Å²) in [5, 5.41) is 33.3. The lowest BCUT2D eigenvalue weighted by molar-refractivity contribution is -0.209. The summed E-state index contributed by atoms with van der Waals surface area (Å²) in [6.45, 7) is 4.52. The van der Waals surface area contributed by atoms with Crippen molar-refractivity contribution in [1.82, 2.24) is 5.32 Å². The van der Waals surface area contributed by atoms with Crippen LogP contribution in [0, 0.1) is 39.9 Å². The van der Waals surface area contributed by atoms with E-state index in [2.05, 4.69) is 19.2 Å². The Bertz CT molecular complexity index is 655. The zero-order chi connectivity index (χ0) is 19.6. The van der Waals surface area contributed by atoms with Gasteiger partial charge in [0, 0.05) is 5.92 Å². The predicted octanol–water partition coefficient (Wildman–Crippen LogP) is 2.77. The molecule has 0 aliphatic heterocycles. The summed E-state index contributed by atoms with van der Waals surface area (Å²) in [5.41, 5.74) is 4.51. The van der Waals surface area contributed by atoms with Crippen molar-refractivity contribution in [3.05, 3.63) is 0 Å². The number of primary amides is 1. The van der Waals surface area contributed by atoms with Gasteiger partial charge in [-0.25, -0.2) is 4.79 Å². The Hall–Kier alpha value is -1.14. The maximum atomic E-state index is 11.8. The van der Waals surface area contributed by atoms with Gasteiger partial charge < -0.3 is 15.9 Å². The lowest BCUT2D eigenvalue weighted by Gasteiger charge is -2.64. The fourth-order valence-electron chi connectivity index (χ4n) is 7.94. The molecule has 27 heavy (non-hydrogen) atoms. The number of hydrogen-bond donors (Lipinski definition) is 5. The van der Waals surface area contributed by atoms with E-state index < -0.39 is 17.7 Å². The Morgan fingerprint density at radius 1 is 1.11 bits per heavy atom. The van der Waals surface area contributed by atoms with Crippen LogP contribution in [0.3, 0.4) is 0 Å². The number of amidine groups is 1. The van der Waals surface area contributed by atoms with Crippen LogP contribution in [0.4, 0.5) is 4.79 Å². The van der Waals surface area contributed by atoms with Crippen LogP contribution in [0.25, 0.3) is 0 Å². The molecule has 4 saturated carbocycles. The van der Waals surface area contributed by atoms with Crippen molar-refractivity contribution in [2.24, 2.45) is 40.2 Å². The molecule has 0 heterocycles. The summed E-state index contributed by atoms with van der Waals surface area (Å²) in [6, 6.07) is -0.710. The molecule has 6 N–H and O–H groups in total. The molecule has 6 heteroatoms. The van der Waals surface area contributed by atoms with E-state index in [0.29, 0.717) is 18.3 Å². The fraction of sp³-hybridized carbons (Fsp3) is 0.905. The number of hydrogen-bond acceptors (Lipinski definition) is 4. The van der Waals surface area contributed by atoms with Gasteiger partial charge in [-0.1, -0.05) is 13.8 Å². The summed E-state index contributed by atoms with van der Waals surface area (Å²) in [5.74, 6) is 0.804. The Labute approximate surface area is 161 Å². The van der Waals surface area contributed by atoms with Crippen LogP contribution in [0.2, 0.25) is 0 Å². The van der Waals surface area contributed by atoms with Gasteiger partial charge in [0.2, 0.25) is 0 Å². The zero-order valence-electron chi connectivity index (χ0n) is 16.6. The molecule has 0 bridgehead atoms. The van der Waals surface area contributed by atoms with Crippen LogP contribution in [0.15, 0.2) is 0 Å². The lowest BCUT2D eigenvalue weighted by atomic mass is 9.41. The molecular formula is C21H35N3O3. The first kappa shape index (κ1) is 19.2. The summed E-state index contributed by atoms with van der Waals surface area (Å²) in [7, 11) is 0. The SMILES string of the molecule is C[C@]12C(C(=N)NC(N)=O)C[C@H](O)C[C@H]1CC[C@@H]1[C@@H]2CC[C@]2(C)CCC[C@]12O. The molecule has 4 fully saturated rings. The van der Waals surface area contributed by atoms with Crippen LogP contribution < -0.4 is 11.1 Å². The summed E-state index contributed by atoms with van der Waals surface area (Å²) < 4.78 is 0. The van der Waals surface area contributed by atoms with Gasteiger partial charge in [0.25, 0.3) is 0 Å². The molecule has 4 rings (SSSR count). The number of rotatable bonds is 1. The Balaban J connectivity index is 1.71. The zero-order valence-corrected chi connectivity index (χ0v) is 16.6. The number of nitrogens with two attached hydrogens (primary N) is 1. The highest BCUT2D eigenvalue weighted by atomic mass is 16.3. The first-order valence-electron chi connectivity index (χ1n) is 10.7. The Morgan fingerprint density at radius 2 is 1.85 bits per heavy atom. The summed E-state index contributed by atoms with van der Waals surface area (Å²) in [6.07, 6.45) is 7.97. The van der Waals surface area contributed by atoms with Crippen LogP contribution in [0.5, 0.6) is 0 Å². The third-order valence-corrected chi connectivity index (χ3v) is 9.36. The van der Waals surface area contributed by atoms with Gasteiger partial charge in [0.1, 0.15) is 5.84 Å². The number of carbonyl (C=O) groups excluding carboxylic acids is 1. The van der Waals surface area contributed by atoms with Crippen molar-refractivity contribution in [2.45, 2.75) is 83.3 Å². The molecule has 152 valence electrons. The van der Waals surface area contributed by atoms with Gasteiger partial charge >= 0.3 is 6.03 Å². The largest absolute Gasteiger partial charge is 0.393 e. The van der Waals surface area contributed by atoms with Gasteiger partial charge in [-0.15, -0.1) is 0 Å². The van der Waals surface area contributed by atoms with Gasteiger partial charge in [-0.05, 0) is 86.4 Å². The molecule has 0 aromatic rings. The van der Waals surface area contributed by atoms with Gasteiger partial charge in [0.05, 0.1) is 11.7 Å². The van der Waals surface area contributed by atoms with Gasteiger partial charge in [-0.3, -0.25) is 10.7 Å². The number of aliphatic hydroxyl groups excluding tert-OH is 1. The maximum absolute atomic E-state index is 11.8. The van der Waals surface area contributed by atoms with Crippen molar-refractivity contribution >= 4 is 11.9 Å². The molecule has 0 aromatic carbocycles. The van der Waals surface area contributed by atoms with E-state index >= 15 is 0 Å². The second-order valence-corrected chi connectivity index (χ2v) is 10.3. The van der Waals surface area contributed by atoms with Crippen molar-refractivity contribution in [2.75, 3.05) is 0 Å². The number of aliphatic hydroxyl groups is 2. The standard InChI is InChI=1S/C21H35N3O3/c1-19-7-3-8-21(19,27)15-5-4-12-10-13(25)11-16(17(22)24-18(23)26)20(12,2)14(15)6-9-19/h12-16,25,27H,3-11H2,1-2H3,(H4,22,23,24,26)/t12-,13-,14+,15-,16?,19+,20+,21+/m1/s1. The third kappa shape index (κ3) is 2.59. The van der Waals surface area contributed by atoms with E-state index in [9.17, 15) is 15.0 Å². The number of nitrogens with one attached hydrogen (secondary N) is 2. The topological polar surface area (TPSA) is 119 Å². The average molecular weight is 378 g/mol. The molecular weight excluding hydrogens is 342 g/mol. The normalized spacial score (nSPS) is 51.6. The van der Waals surface area contributed by atoms with Crippen LogP contribution in [-0.4, -0.2) is 33.8 Å². The van der Waals surface area contributed by atoms with E-state index in [1.807, 2.05) is 0 Å². The highest BCUT2D eigenvalue weighted by molar-refractivity contribution is 5.96. The first-order chi connectivity index (χ1) is 12.6. The molecule has 0 saturated heterocycles. The number of amides is 2. The molecule has 8 atom stereocenters. The Morgan fingerprint density at radius 3 is 2.56 bits per heavy atom. The monoisotopic (exact) mass is 377 g/mol. The van der Waals surface area contributed by atoms with E-state index in [-0.39, 0.29) is 28.5 Å². The molecule has 4 aliphatic rings. The number of fused-ring (bicyclic) bond motifs is 5. The first-order valence-corrected chi connectivity index (χ1v) is 10.7. The summed E-state index contributed by atoms with van der Waals surface area (Å²) >= 11 is 0. The maximum Gasteiger partial charge on any atom is 0.317 e. The van der Waals surface area contributed by atoms with E-state index in [1.165, 1.54) is 0 Å². The van der Waals surface area contributed by atoms with E-state index in [4.69, 9.17) is 11.1 Å². The highest BCUT2D eigenvalue weighted by Crippen LogP contribution is 2.68. The molecule has 0 radical (unpaired) electrons. The molecule has 1 unspecified atom stereocenters. The van der Waals surface area contributed by atoms with Crippen molar-refractivity contribution in [3.63, 3.8) is 0 Å². The third-order valence-electron chi connectivity index (χ3n) is 9.36. The van der Waals surface area contributed by atoms with Gasteiger partial charge in [0.15, 0.2) is 0 Å². The van der Waals surface area contributed by atoms with E-state index in [1.54, 1.807) is 0 Å². The molecule has 4 aliphatic carbocycles. The molecule has 6 nitrogen and oxygen atoms in total. The van der Waals surface area contributed by atoms with Crippen molar-refractivity contribution in [3.8, 4) is 0 Å². The second-order valence-electron chi connectivity index (χ2n) is 10.3. The average Bonchev–Trinajstić information content (AvgIpc) is 2.89. The minimum absolute atomic E-state index is 0.0139. The molecule has 2 amide bonds. The second kappa shape index (κ2) is 6.18. The van der Waals surface area contributed by atoms with Crippen LogP contribution in [-0.2, 0) is 0 Å². The van der Waals surface area contributed by atoms with E-state index in [0.717, 1.165) is 51.4 Å². The smallest absolute Gasteiger partial charge is 0.317 e. The van der Waals surface area contributed by atoms with Gasteiger partial charge in [-0.2, -0.15) is 0 Å². The fourth-order valence-corrected chi connectivity index (χ4v) is 7.94. The van der Waals surface area contributed by atoms with Crippen LogP contribution in [0.1, 0.15) is 71.6 Å². The number of urea groups is 1. The highest BCUT2D eigenvalue weighted by Gasteiger charge is 2.66. The minimum Gasteiger partial charge on any atom is -0.393 e. The minimum atomic E-state index is -0.710. The lowest BCUT2D eigenvalue weighted by Crippen LogP contribution is -2.64. The van der Waals surface area contributed by atoms with Crippen molar-refractivity contribution in [1.29, 1.82) is 5.41 Å². The predicted molar refractivity (Wildman–Crippen MR) is 103 cm³/mol. The molecule has 0 aromatic heterocycles.